The molecule has 0 radical (unpaired) electrons. The molecule has 1 aromatic heterocycles. The molecule has 37 heavy (non-hydrogen) atoms. The number of hydrogen-bond acceptors (Lipinski definition) is 6. The van der Waals surface area contributed by atoms with Gasteiger partial charge >= 0.3 is 0 Å². The minimum absolute atomic E-state index is 0.0642. The summed E-state index contributed by atoms with van der Waals surface area (Å²) in [6.45, 7) is 3.83. The lowest BCUT2D eigenvalue weighted by atomic mass is 9.90. The second-order valence-electron chi connectivity index (χ2n) is 9.87. The number of aromatic nitrogens is 2. The maximum atomic E-state index is 13.2. The number of carbonyl (C=O) groups is 2. The summed E-state index contributed by atoms with van der Waals surface area (Å²) in [4.78, 5) is 37.2. The molecule has 4 rings (SSSR count). The van der Waals surface area contributed by atoms with Gasteiger partial charge in [0.2, 0.25) is 0 Å². The molecule has 0 bridgehead atoms. The van der Waals surface area contributed by atoms with Gasteiger partial charge in [-0.15, -0.1) is 0 Å². The third-order valence-electron chi connectivity index (χ3n) is 6.76. The van der Waals surface area contributed by atoms with Gasteiger partial charge in [0.15, 0.2) is 0 Å². The highest BCUT2D eigenvalue weighted by molar-refractivity contribution is 6.07. The van der Waals surface area contributed by atoms with Gasteiger partial charge in [0, 0.05) is 32.2 Å². The fourth-order valence-electron chi connectivity index (χ4n) is 4.69. The summed E-state index contributed by atoms with van der Waals surface area (Å²) < 4.78 is 0. The van der Waals surface area contributed by atoms with Crippen LogP contribution >= 0.6 is 0 Å². The molecule has 2 amide bonds. The van der Waals surface area contributed by atoms with E-state index in [0.29, 0.717) is 11.1 Å². The van der Waals surface area contributed by atoms with Crippen molar-refractivity contribution >= 4 is 23.5 Å². The van der Waals surface area contributed by atoms with Crippen LogP contribution in [-0.4, -0.2) is 48.0 Å². The highest BCUT2D eigenvalue weighted by Crippen LogP contribution is 2.24. The average Bonchev–Trinajstić information content (AvgIpc) is 2.90. The third kappa shape index (κ3) is 6.84. The molecule has 1 atom stereocenters. The fourth-order valence-corrected chi connectivity index (χ4v) is 4.69. The zero-order valence-electron chi connectivity index (χ0n) is 22.0. The van der Waals surface area contributed by atoms with E-state index in [0.717, 1.165) is 48.7 Å². The van der Waals surface area contributed by atoms with Crippen LogP contribution in [0.2, 0.25) is 0 Å². The first kappa shape index (κ1) is 26.1. The summed E-state index contributed by atoms with van der Waals surface area (Å²) in [7, 11) is 3.93. The summed E-state index contributed by atoms with van der Waals surface area (Å²) in [5.74, 6) is 1.96. The van der Waals surface area contributed by atoms with Crippen LogP contribution in [0.1, 0.15) is 70.8 Å². The Morgan fingerprint density at radius 3 is 2.11 bits per heavy atom. The molecule has 8 heteroatoms. The average molecular weight is 501 g/mol. The third-order valence-corrected chi connectivity index (χ3v) is 6.76. The summed E-state index contributed by atoms with van der Waals surface area (Å²) >= 11 is 0. The van der Waals surface area contributed by atoms with Crippen LogP contribution in [0.3, 0.4) is 0 Å². The maximum Gasteiger partial charge on any atom is 0.252 e. The van der Waals surface area contributed by atoms with E-state index in [1.165, 1.54) is 0 Å². The molecular weight excluding hydrogens is 464 g/mol. The molecule has 1 saturated carbocycles. The maximum absolute atomic E-state index is 13.2. The lowest BCUT2D eigenvalue weighted by molar-refractivity contribution is 0.0897. The Kier molecular flexibility index (Phi) is 8.38. The zero-order chi connectivity index (χ0) is 26.4. The smallest absolute Gasteiger partial charge is 0.252 e. The van der Waals surface area contributed by atoms with Gasteiger partial charge in [-0.25, -0.2) is 9.97 Å². The number of nitrogens with one attached hydrogen (secondary N) is 3. The Labute approximate surface area is 218 Å². The second kappa shape index (κ2) is 11.9. The predicted molar refractivity (Wildman–Crippen MR) is 147 cm³/mol. The van der Waals surface area contributed by atoms with E-state index < -0.39 is 0 Å². The molecule has 0 aliphatic heterocycles. The topological polar surface area (TPSA) is 99.2 Å². The van der Waals surface area contributed by atoms with Crippen molar-refractivity contribution in [2.24, 2.45) is 0 Å². The molecule has 1 aliphatic carbocycles. The van der Waals surface area contributed by atoms with Crippen molar-refractivity contribution in [1.29, 1.82) is 0 Å². The van der Waals surface area contributed by atoms with Crippen molar-refractivity contribution < 1.29 is 9.59 Å². The van der Waals surface area contributed by atoms with E-state index in [9.17, 15) is 9.59 Å². The Bertz CT molecular complexity index is 1220. The zero-order valence-corrected chi connectivity index (χ0v) is 22.0. The van der Waals surface area contributed by atoms with Crippen LogP contribution in [0.15, 0.2) is 60.7 Å². The summed E-state index contributed by atoms with van der Waals surface area (Å²) in [6.07, 6.45) is 3.55. The standard InChI is InChI=1S/C29H36N6O2/c1-19(21-10-6-5-7-11-21)30-28(36)24-12-8-9-13-25(24)29(37)34-23-16-14-22(15-17-23)33-26-18-27(35(3)4)32-20(2)31-26/h5-13,18-19,22-23H,14-17H2,1-4H3,(H,30,36)(H,34,37)(H,31,32,33)/t19-,22?,23?/m0/s1. The monoisotopic (exact) mass is 500 g/mol. The van der Waals surface area contributed by atoms with Crippen molar-refractivity contribution in [3.63, 3.8) is 0 Å². The number of benzene rings is 2. The number of anilines is 2. The van der Waals surface area contributed by atoms with Crippen molar-refractivity contribution in [3.05, 3.63) is 83.2 Å². The normalized spacial score (nSPS) is 17.9. The first-order valence-corrected chi connectivity index (χ1v) is 12.9. The summed E-state index contributed by atoms with van der Waals surface area (Å²) in [5, 5.41) is 9.70. The van der Waals surface area contributed by atoms with E-state index in [1.54, 1.807) is 24.3 Å². The quantitative estimate of drug-likeness (QED) is 0.421. The Morgan fingerprint density at radius 1 is 0.865 bits per heavy atom. The van der Waals surface area contributed by atoms with Gasteiger partial charge in [-0.1, -0.05) is 42.5 Å². The highest BCUT2D eigenvalue weighted by Gasteiger charge is 2.25. The largest absolute Gasteiger partial charge is 0.367 e. The molecule has 0 unspecified atom stereocenters. The van der Waals surface area contributed by atoms with Crippen LogP contribution in [0.5, 0.6) is 0 Å². The van der Waals surface area contributed by atoms with E-state index in [-0.39, 0.29) is 29.9 Å². The molecule has 1 fully saturated rings. The Balaban J connectivity index is 1.33. The molecule has 0 saturated heterocycles. The minimum atomic E-state index is -0.257. The first-order valence-electron chi connectivity index (χ1n) is 12.9. The molecule has 0 spiro atoms. The molecule has 3 N–H and O–H groups in total. The van der Waals surface area contributed by atoms with E-state index in [1.807, 2.05) is 69.2 Å². The van der Waals surface area contributed by atoms with Gasteiger partial charge in [-0.3, -0.25) is 9.59 Å². The van der Waals surface area contributed by atoms with Gasteiger partial charge in [-0.05, 0) is 57.2 Å². The van der Waals surface area contributed by atoms with Gasteiger partial charge in [-0.2, -0.15) is 0 Å². The van der Waals surface area contributed by atoms with E-state index >= 15 is 0 Å². The number of amides is 2. The molecule has 1 heterocycles. The van der Waals surface area contributed by atoms with Crippen LogP contribution < -0.4 is 20.9 Å². The highest BCUT2D eigenvalue weighted by atomic mass is 16.2. The van der Waals surface area contributed by atoms with Crippen LogP contribution in [0, 0.1) is 6.92 Å². The second-order valence-corrected chi connectivity index (χ2v) is 9.87. The first-order chi connectivity index (χ1) is 17.8. The lowest BCUT2D eigenvalue weighted by Crippen LogP contribution is -2.41. The van der Waals surface area contributed by atoms with Gasteiger partial charge in [0.25, 0.3) is 11.8 Å². The van der Waals surface area contributed by atoms with E-state index in [4.69, 9.17) is 0 Å². The summed E-state index contributed by atoms with van der Waals surface area (Å²) in [6, 6.07) is 18.9. The predicted octanol–water partition coefficient (Wildman–Crippen LogP) is 4.50. The number of nitrogens with zero attached hydrogens (tertiary/aromatic N) is 3. The SMILES string of the molecule is Cc1nc(NC2CCC(NC(=O)c3ccccc3C(=O)N[C@@H](C)c3ccccc3)CC2)cc(N(C)C)n1. The van der Waals surface area contributed by atoms with Gasteiger partial charge in [0.1, 0.15) is 17.5 Å². The number of aryl methyl sites for hydroxylation is 1. The number of carbonyl (C=O) groups excluding carboxylic acids is 2. The van der Waals surface area contributed by atoms with Gasteiger partial charge in [0.05, 0.1) is 17.2 Å². The molecule has 1 aliphatic rings. The van der Waals surface area contributed by atoms with Crippen molar-refractivity contribution in [2.45, 2.75) is 57.7 Å². The van der Waals surface area contributed by atoms with Crippen LogP contribution in [0.25, 0.3) is 0 Å². The van der Waals surface area contributed by atoms with Crippen LogP contribution in [-0.2, 0) is 0 Å². The molecule has 3 aromatic rings. The number of rotatable bonds is 8. The Morgan fingerprint density at radius 2 is 1.46 bits per heavy atom. The Hall–Kier alpha value is -3.94. The number of hydrogen-bond donors (Lipinski definition) is 3. The molecular formula is C29H36N6O2. The fraction of sp³-hybridized carbons (Fsp3) is 0.379. The van der Waals surface area contributed by atoms with E-state index in [2.05, 4.69) is 25.9 Å². The molecule has 2 aromatic carbocycles. The van der Waals surface area contributed by atoms with Gasteiger partial charge < -0.3 is 20.9 Å². The van der Waals surface area contributed by atoms with Crippen molar-refractivity contribution in [1.82, 2.24) is 20.6 Å². The minimum Gasteiger partial charge on any atom is -0.367 e. The molecule has 8 nitrogen and oxygen atoms in total. The summed E-state index contributed by atoms with van der Waals surface area (Å²) in [5.41, 5.74) is 1.79. The van der Waals surface area contributed by atoms with Crippen LogP contribution in [0.4, 0.5) is 11.6 Å². The lowest BCUT2D eigenvalue weighted by Gasteiger charge is -2.30. The van der Waals surface area contributed by atoms with Crippen molar-refractivity contribution in [3.8, 4) is 0 Å². The van der Waals surface area contributed by atoms with Crippen molar-refractivity contribution in [2.75, 3.05) is 24.3 Å². The molecule has 194 valence electrons.